The van der Waals surface area contributed by atoms with Crippen LogP contribution < -0.4 is 10.2 Å². The highest BCUT2D eigenvalue weighted by Gasteiger charge is 2.35. The fourth-order valence-corrected chi connectivity index (χ4v) is 2.87. The molecule has 0 amide bonds. The Bertz CT molecular complexity index is 409. The summed E-state index contributed by atoms with van der Waals surface area (Å²) in [6.07, 6.45) is 7.62. The van der Waals surface area contributed by atoms with Crippen LogP contribution in [0.3, 0.4) is 0 Å². The van der Waals surface area contributed by atoms with Crippen LogP contribution in [0.5, 0.6) is 0 Å². The van der Waals surface area contributed by atoms with Crippen molar-refractivity contribution in [3.63, 3.8) is 0 Å². The maximum Gasteiger partial charge on any atom is 0.147 e. The van der Waals surface area contributed by atoms with Crippen molar-refractivity contribution in [1.29, 1.82) is 0 Å². The molecule has 0 radical (unpaired) electrons. The van der Waals surface area contributed by atoms with E-state index in [0.717, 1.165) is 31.1 Å². The number of hydrogen-bond acceptors (Lipinski definition) is 4. The van der Waals surface area contributed by atoms with E-state index < -0.39 is 0 Å². The van der Waals surface area contributed by atoms with Gasteiger partial charge in [-0.15, -0.1) is 0 Å². The third kappa shape index (κ3) is 3.48. The van der Waals surface area contributed by atoms with Crippen molar-refractivity contribution in [2.75, 3.05) is 18.0 Å². The van der Waals surface area contributed by atoms with Gasteiger partial charge in [-0.2, -0.15) is 0 Å². The first-order chi connectivity index (χ1) is 9.58. The van der Waals surface area contributed by atoms with E-state index in [4.69, 9.17) is 0 Å². The van der Waals surface area contributed by atoms with Gasteiger partial charge in [-0.3, -0.25) is 4.98 Å². The van der Waals surface area contributed by atoms with Gasteiger partial charge in [0.25, 0.3) is 0 Å². The van der Waals surface area contributed by atoms with Crippen LogP contribution in [0.4, 0.5) is 5.82 Å². The minimum atomic E-state index is 0.477. The largest absolute Gasteiger partial charge is 0.355 e. The molecular weight excluding hydrogens is 248 g/mol. The summed E-state index contributed by atoms with van der Waals surface area (Å²) in [6, 6.07) is 0.477. The Morgan fingerprint density at radius 2 is 2.00 bits per heavy atom. The molecule has 0 unspecified atom stereocenters. The van der Waals surface area contributed by atoms with E-state index in [1.807, 2.05) is 12.4 Å². The first-order valence-corrected chi connectivity index (χ1v) is 7.88. The van der Waals surface area contributed by atoms with Crippen LogP contribution >= 0.6 is 0 Å². The summed E-state index contributed by atoms with van der Waals surface area (Å²) in [7, 11) is 0. The molecule has 1 fully saturated rings. The molecule has 4 heteroatoms. The van der Waals surface area contributed by atoms with E-state index in [1.165, 1.54) is 19.3 Å². The predicted octanol–water partition coefficient (Wildman–Crippen LogP) is 2.99. The lowest BCUT2D eigenvalue weighted by molar-refractivity contribution is 0.301. The molecule has 0 bridgehead atoms. The Morgan fingerprint density at radius 1 is 1.25 bits per heavy atom. The summed E-state index contributed by atoms with van der Waals surface area (Å²) in [5, 5.41) is 3.37. The Hall–Kier alpha value is -1.16. The summed E-state index contributed by atoms with van der Waals surface area (Å²) >= 11 is 0. The monoisotopic (exact) mass is 276 g/mol. The van der Waals surface area contributed by atoms with Gasteiger partial charge >= 0.3 is 0 Å². The molecule has 2 rings (SSSR count). The summed E-state index contributed by atoms with van der Waals surface area (Å²) in [5.41, 5.74) is 1.50. The molecule has 20 heavy (non-hydrogen) atoms. The van der Waals surface area contributed by atoms with Crippen LogP contribution in [0.2, 0.25) is 0 Å². The van der Waals surface area contributed by atoms with Gasteiger partial charge < -0.3 is 10.2 Å². The maximum atomic E-state index is 4.60. The molecule has 0 aliphatic carbocycles. The van der Waals surface area contributed by atoms with Crippen LogP contribution in [0.25, 0.3) is 0 Å². The lowest BCUT2D eigenvalue weighted by atomic mass is 9.82. The van der Waals surface area contributed by atoms with Crippen molar-refractivity contribution >= 4 is 5.82 Å². The average Bonchev–Trinajstić information content (AvgIpc) is 2.91. The zero-order valence-electron chi connectivity index (χ0n) is 13.3. The second kappa shape index (κ2) is 6.53. The SMILES string of the molecule is CCC1(CC)CCN(c2cnc(CNC(C)C)cn2)C1. The smallest absolute Gasteiger partial charge is 0.147 e. The minimum absolute atomic E-state index is 0.477. The summed E-state index contributed by atoms with van der Waals surface area (Å²) < 4.78 is 0. The average molecular weight is 276 g/mol. The molecule has 1 N–H and O–H groups in total. The van der Waals surface area contributed by atoms with Gasteiger partial charge in [-0.05, 0) is 24.7 Å². The second-order valence-corrected chi connectivity index (χ2v) is 6.28. The fourth-order valence-electron chi connectivity index (χ4n) is 2.87. The van der Waals surface area contributed by atoms with Gasteiger partial charge in [-0.25, -0.2) is 4.98 Å². The molecule has 0 aromatic carbocycles. The quantitative estimate of drug-likeness (QED) is 0.867. The number of rotatable bonds is 6. The standard InChI is InChI=1S/C16H28N4/c1-5-16(6-2)7-8-20(12-16)15-11-18-14(10-19-15)9-17-13(3)4/h10-11,13,17H,5-9,12H2,1-4H3. The van der Waals surface area contributed by atoms with E-state index in [9.17, 15) is 0 Å². The Balaban J connectivity index is 1.97. The van der Waals surface area contributed by atoms with E-state index in [-0.39, 0.29) is 0 Å². The lowest BCUT2D eigenvalue weighted by Crippen LogP contribution is -2.27. The zero-order valence-corrected chi connectivity index (χ0v) is 13.3. The highest BCUT2D eigenvalue weighted by atomic mass is 15.2. The molecule has 0 atom stereocenters. The Kier molecular flexibility index (Phi) is 4.97. The van der Waals surface area contributed by atoms with Crippen LogP contribution in [-0.4, -0.2) is 29.1 Å². The molecule has 1 aliphatic heterocycles. The number of nitrogens with zero attached hydrogens (tertiary/aromatic N) is 3. The molecule has 1 aromatic heterocycles. The number of hydrogen-bond donors (Lipinski definition) is 1. The third-order valence-electron chi connectivity index (χ3n) is 4.65. The summed E-state index contributed by atoms with van der Waals surface area (Å²) in [4.78, 5) is 11.5. The number of nitrogens with one attached hydrogen (secondary N) is 1. The molecular formula is C16H28N4. The normalized spacial score (nSPS) is 17.9. The van der Waals surface area contributed by atoms with Crippen molar-refractivity contribution in [3.05, 3.63) is 18.1 Å². The molecule has 1 aromatic rings. The predicted molar refractivity (Wildman–Crippen MR) is 83.9 cm³/mol. The topological polar surface area (TPSA) is 41.1 Å². The number of anilines is 1. The first kappa shape index (κ1) is 15.2. The van der Waals surface area contributed by atoms with Gasteiger partial charge in [0.1, 0.15) is 5.82 Å². The van der Waals surface area contributed by atoms with Gasteiger partial charge in [-0.1, -0.05) is 27.7 Å². The maximum absolute atomic E-state index is 4.60. The molecule has 1 saturated heterocycles. The summed E-state index contributed by atoms with van der Waals surface area (Å²) in [5.74, 6) is 1.03. The van der Waals surface area contributed by atoms with Gasteiger partial charge in [0.05, 0.1) is 18.1 Å². The van der Waals surface area contributed by atoms with E-state index in [1.54, 1.807) is 0 Å². The molecule has 2 heterocycles. The number of aromatic nitrogens is 2. The van der Waals surface area contributed by atoms with Crippen molar-refractivity contribution in [1.82, 2.24) is 15.3 Å². The molecule has 0 spiro atoms. The fraction of sp³-hybridized carbons (Fsp3) is 0.750. The van der Waals surface area contributed by atoms with Crippen LogP contribution in [0, 0.1) is 5.41 Å². The molecule has 112 valence electrons. The first-order valence-electron chi connectivity index (χ1n) is 7.88. The van der Waals surface area contributed by atoms with Crippen molar-refractivity contribution in [2.45, 2.75) is 59.5 Å². The van der Waals surface area contributed by atoms with Gasteiger partial charge in [0.15, 0.2) is 0 Å². The molecule has 4 nitrogen and oxygen atoms in total. The van der Waals surface area contributed by atoms with Crippen LogP contribution in [-0.2, 0) is 6.54 Å². The minimum Gasteiger partial charge on any atom is -0.355 e. The Labute approximate surface area is 123 Å². The van der Waals surface area contributed by atoms with Gasteiger partial charge in [0, 0.05) is 25.7 Å². The lowest BCUT2D eigenvalue weighted by Gasteiger charge is -2.26. The van der Waals surface area contributed by atoms with Gasteiger partial charge in [0.2, 0.25) is 0 Å². The highest BCUT2D eigenvalue weighted by molar-refractivity contribution is 5.38. The summed E-state index contributed by atoms with van der Waals surface area (Å²) in [6.45, 7) is 11.9. The van der Waals surface area contributed by atoms with Crippen molar-refractivity contribution in [3.8, 4) is 0 Å². The Morgan fingerprint density at radius 3 is 2.50 bits per heavy atom. The van der Waals surface area contributed by atoms with Crippen LogP contribution in [0.15, 0.2) is 12.4 Å². The highest BCUT2D eigenvalue weighted by Crippen LogP contribution is 2.38. The van der Waals surface area contributed by atoms with E-state index in [0.29, 0.717) is 11.5 Å². The third-order valence-corrected chi connectivity index (χ3v) is 4.65. The van der Waals surface area contributed by atoms with E-state index >= 15 is 0 Å². The molecule has 0 saturated carbocycles. The zero-order chi connectivity index (χ0) is 14.6. The second-order valence-electron chi connectivity index (χ2n) is 6.28. The van der Waals surface area contributed by atoms with E-state index in [2.05, 4.69) is 47.9 Å². The van der Waals surface area contributed by atoms with Crippen molar-refractivity contribution in [2.24, 2.45) is 5.41 Å². The van der Waals surface area contributed by atoms with Crippen LogP contribution in [0.1, 0.15) is 52.7 Å². The van der Waals surface area contributed by atoms with Crippen molar-refractivity contribution < 1.29 is 0 Å². The molecule has 1 aliphatic rings.